The SMILES string of the molecule is O=C(c1ccc(OC(F)(F)F)cc1)C1CCN(Cc2ccc(OC/C=C/Cl)cc2)CC1. The van der Waals surface area contributed by atoms with Gasteiger partial charge in [0.1, 0.15) is 18.1 Å². The highest BCUT2D eigenvalue weighted by atomic mass is 35.5. The highest BCUT2D eigenvalue weighted by Gasteiger charge is 2.31. The summed E-state index contributed by atoms with van der Waals surface area (Å²) < 4.78 is 46.1. The molecule has 0 radical (unpaired) electrons. The van der Waals surface area contributed by atoms with Crippen LogP contribution in [0.5, 0.6) is 11.5 Å². The van der Waals surface area contributed by atoms with Crippen LogP contribution >= 0.6 is 11.6 Å². The first-order chi connectivity index (χ1) is 14.8. The number of hydrogen-bond acceptors (Lipinski definition) is 4. The minimum atomic E-state index is -4.74. The fraction of sp³-hybridized carbons (Fsp3) is 0.348. The second-order valence-corrected chi connectivity index (χ2v) is 7.56. The van der Waals surface area contributed by atoms with Gasteiger partial charge in [-0.3, -0.25) is 9.69 Å². The highest BCUT2D eigenvalue weighted by molar-refractivity contribution is 6.25. The van der Waals surface area contributed by atoms with Crippen LogP contribution in [-0.2, 0) is 6.54 Å². The Morgan fingerprint density at radius 3 is 2.23 bits per heavy atom. The van der Waals surface area contributed by atoms with Gasteiger partial charge >= 0.3 is 6.36 Å². The van der Waals surface area contributed by atoms with Crippen molar-refractivity contribution in [3.05, 3.63) is 71.3 Å². The largest absolute Gasteiger partial charge is 0.573 e. The van der Waals surface area contributed by atoms with Crippen molar-refractivity contribution in [2.24, 2.45) is 5.92 Å². The molecule has 1 saturated heterocycles. The Labute approximate surface area is 184 Å². The number of ether oxygens (including phenoxy) is 2. The lowest BCUT2D eigenvalue weighted by Crippen LogP contribution is -2.35. The van der Waals surface area contributed by atoms with Crippen LogP contribution in [0.25, 0.3) is 0 Å². The van der Waals surface area contributed by atoms with Crippen LogP contribution in [0.2, 0.25) is 0 Å². The van der Waals surface area contributed by atoms with Gasteiger partial charge in [-0.15, -0.1) is 13.2 Å². The number of Topliss-reactive ketones (excluding diaryl/α,β-unsaturated/α-hetero) is 1. The lowest BCUT2D eigenvalue weighted by Gasteiger charge is -2.31. The van der Waals surface area contributed by atoms with Gasteiger partial charge in [-0.25, -0.2) is 0 Å². The smallest absolute Gasteiger partial charge is 0.490 e. The molecule has 8 heteroatoms. The van der Waals surface area contributed by atoms with E-state index in [4.69, 9.17) is 16.3 Å². The Kier molecular flexibility index (Phi) is 7.98. The summed E-state index contributed by atoms with van der Waals surface area (Å²) in [5, 5.41) is 0. The molecule has 2 aromatic rings. The van der Waals surface area contributed by atoms with Crippen molar-refractivity contribution >= 4 is 17.4 Å². The number of alkyl halides is 3. The zero-order valence-corrected chi connectivity index (χ0v) is 17.5. The van der Waals surface area contributed by atoms with Crippen molar-refractivity contribution in [3.63, 3.8) is 0 Å². The molecule has 0 aliphatic carbocycles. The third-order valence-corrected chi connectivity index (χ3v) is 5.27. The van der Waals surface area contributed by atoms with Crippen LogP contribution in [0.3, 0.4) is 0 Å². The first kappa shape index (κ1) is 23.2. The Balaban J connectivity index is 1.47. The molecule has 0 amide bonds. The number of nitrogens with zero attached hydrogens (tertiary/aromatic N) is 1. The molecule has 1 heterocycles. The summed E-state index contributed by atoms with van der Waals surface area (Å²) in [6.45, 7) is 2.77. The van der Waals surface area contributed by atoms with Gasteiger partial charge in [0.25, 0.3) is 0 Å². The molecular formula is C23H23ClF3NO3. The van der Waals surface area contributed by atoms with E-state index in [1.807, 2.05) is 24.3 Å². The summed E-state index contributed by atoms with van der Waals surface area (Å²) in [4.78, 5) is 15.0. The third kappa shape index (κ3) is 7.29. The van der Waals surface area contributed by atoms with Gasteiger partial charge in [0.2, 0.25) is 0 Å². The Morgan fingerprint density at radius 2 is 1.65 bits per heavy atom. The van der Waals surface area contributed by atoms with Gasteiger partial charge < -0.3 is 9.47 Å². The van der Waals surface area contributed by atoms with Crippen molar-refractivity contribution in [2.45, 2.75) is 25.7 Å². The number of rotatable bonds is 8. The zero-order chi connectivity index (χ0) is 22.3. The van der Waals surface area contributed by atoms with Gasteiger partial charge in [0.15, 0.2) is 5.78 Å². The molecule has 166 valence electrons. The summed E-state index contributed by atoms with van der Waals surface area (Å²) in [5.41, 5.74) is 2.98. The fourth-order valence-corrected chi connectivity index (χ4v) is 3.61. The number of piperidine rings is 1. The van der Waals surface area contributed by atoms with Crippen LogP contribution in [-0.4, -0.2) is 36.7 Å². The van der Waals surface area contributed by atoms with E-state index in [1.54, 1.807) is 6.08 Å². The molecule has 1 aliphatic heterocycles. The summed E-state index contributed by atoms with van der Waals surface area (Å²) in [6, 6.07) is 13.0. The van der Waals surface area contributed by atoms with Crippen LogP contribution in [0.4, 0.5) is 13.2 Å². The maximum Gasteiger partial charge on any atom is 0.573 e. The van der Waals surface area contributed by atoms with Gasteiger partial charge in [-0.1, -0.05) is 23.7 Å². The quantitative estimate of drug-likeness (QED) is 0.473. The molecule has 0 N–H and O–H groups in total. The maximum atomic E-state index is 12.7. The minimum Gasteiger partial charge on any atom is -0.490 e. The second kappa shape index (κ2) is 10.7. The molecule has 4 nitrogen and oxygen atoms in total. The number of benzene rings is 2. The number of hydrogen-bond donors (Lipinski definition) is 0. The van der Waals surface area contributed by atoms with E-state index in [9.17, 15) is 18.0 Å². The van der Waals surface area contributed by atoms with E-state index in [0.717, 1.165) is 30.9 Å². The zero-order valence-electron chi connectivity index (χ0n) is 16.8. The summed E-state index contributed by atoms with van der Waals surface area (Å²) in [6.07, 6.45) is -1.60. The van der Waals surface area contributed by atoms with Gasteiger partial charge in [0, 0.05) is 23.6 Å². The lowest BCUT2D eigenvalue weighted by molar-refractivity contribution is -0.274. The summed E-state index contributed by atoms with van der Waals surface area (Å²) in [7, 11) is 0. The Bertz CT molecular complexity index is 874. The second-order valence-electron chi connectivity index (χ2n) is 7.30. The molecule has 1 aliphatic rings. The number of carbonyl (C=O) groups excluding carboxylic acids is 1. The number of likely N-dealkylation sites (tertiary alicyclic amines) is 1. The maximum absolute atomic E-state index is 12.7. The molecule has 0 spiro atoms. The van der Waals surface area contributed by atoms with Gasteiger partial charge in [-0.2, -0.15) is 0 Å². The normalized spacial score (nSPS) is 15.9. The van der Waals surface area contributed by atoms with Crippen molar-refractivity contribution < 1.29 is 27.4 Å². The molecule has 0 atom stereocenters. The molecule has 0 bridgehead atoms. The topological polar surface area (TPSA) is 38.8 Å². The van der Waals surface area contributed by atoms with E-state index < -0.39 is 6.36 Å². The van der Waals surface area contributed by atoms with Gasteiger partial charge in [-0.05, 0) is 74.0 Å². The minimum absolute atomic E-state index is 0.0364. The number of halogens is 4. The molecule has 0 aromatic heterocycles. The van der Waals surface area contributed by atoms with E-state index in [1.165, 1.54) is 29.8 Å². The van der Waals surface area contributed by atoms with E-state index in [-0.39, 0.29) is 17.5 Å². The Hall–Kier alpha value is -2.51. The number of ketones is 1. The van der Waals surface area contributed by atoms with Crippen molar-refractivity contribution in [1.82, 2.24) is 4.90 Å². The van der Waals surface area contributed by atoms with Crippen molar-refractivity contribution in [2.75, 3.05) is 19.7 Å². The highest BCUT2D eigenvalue weighted by Crippen LogP contribution is 2.26. The molecule has 1 fully saturated rings. The number of carbonyl (C=O) groups is 1. The fourth-order valence-electron chi connectivity index (χ4n) is 3.54. The van der Waals surface area contributed by atoms with Crippen LogP contribution in [0, 0.1) is 5.92 Å². The van der Waals surface area contributed by atoms with E-state index >= 15 is 0 Å². The van der Waals surface area contributed by atoms with E-state index in [2.05, 4.69) is 9.64 Å². The summed E-state index contributed by atoms with van der Waals surface area (Å²) >= 11 is 5.46. The third-order valence-electron chi connectivity index (χ3n) is 5.10. The summed E-state index contributed by atoms with van der Waals surface area (Å²) in [5.74, 6) is 0.280. The molecule has 3 rings (SSSR count). The first-order valence-electron chi connectivity index (χ1n) is 9.93. The molecule has 0 unspecified atom stereocenters. The molecule has 0 saturated carbocycles. The van der Waals surface area contributed by atoms with Crippen LogP contribution in [0.1, 0.15) is 28.8 Å². The van der Waals surface area contributed by atoms with Gasteiger partial charge in [0.05, 0.1) is 0 Å². The predicted octanol–water partition coefficient (Wildman–Crippen LogP) is 5.81. The van der Waals surface area contributed by atoms with Crippen molar-refractivity contribution in [1.29, 1.82) is 0 Å². The van der Waals surface area contributed by atoms with E-state index in [0.29, 0.717) is 25.0 Å². The standard InChI is InChI=1S/C23H23ClF3NO3/c24-12-1-15-30-20-6-2-17(3-7-20)16-28-13-10-19(11-14-28)22(29)18-4-8-21(9-5-18)31-23(25,26)27/h1-9,12,19H,10-11,13-16H2/b12-1+. The average molecular weight is 454 g/mol. The predicted molar refractivity (Wildman–Crippen MR) is 112 cm³/mol. The first-order valence-corrected chi connectivity index (χ1v) is 10.4. The van der Waals surface area contributed by atoms with Crippen molar-refractivity contribution in [3.8, 4) is 11.5 Å². The molecule has 2 aromatic carbocycles. The average Bonchev–Trinajstić information content (AvgIpc) is 2.75. The van der Waals surface area contributed by atoms with Crippen LogP contribution in [0.15, 0.2) is 60.1 Å². The monoisotopic (exact) mass is 453 g/mol. The Morgan fingerprint density at radius 1 is 1.03 bits per heavy atom. The molecule has 31 heavy (non-hydrogen) atoms. The lowest BCUT2D eigenvalue weighted by atomic mass is 9.88. The molecular weight excluding hydrogens is 431 g/mol. The van der Waals surface area contributed by atoms with Crippen LogP contribution < -0.4 is 9.47 Å².